The molecule has 0 unspecified atom stereocenters. The fraction of sp³-hybridized carbons (Fsp3) is 0.333. The minimum atomic E-state index is -0.156. The zero-order chi connectivity index (χ0) is 11.1. The Hall–Kier alpha value is -0.800. The van der Waals surface area contributed by atoms with E-state index in [9.17, 15) is 0 Å². The lowest BCUT2D eigenvalue weighted by atomic mass is 9.96. The molecule has 3 N–H and O–H groups in total. The van der Waals surface area contributed by atoms with Gasteiger partial charge in [0, 0.05) is 27.1 Å². The maximum absolute atomic E-state index is 6.01. The first-order chi connectivity index (χ1) is 6.96. The number of hydrogen-bond acceptors (Lipinski definition) is 1. The summed E-state index contributed by atoms with van der Waals surface area (Å²) in [4.78, 5) is 3.20. The van der Waals surface area contributed by atoms with Crippen molar-refractivity contribution >= 4 is 26.8 Å². The predicted molar refractivity (Wildman–Crippen MR) is 68.0 cm³/mol. The minimum absolute atomic E-state index is 0.156. The molecule has 1 aromatic carbocycles. The molecule has 0 bridgehead atoms. The molecule has 0 radical (unpaired) electrons. The molecule has 0 atom stereocenters. The van der Waals surface area contributed by atoms with Crippen LogP contribution in [0.25, 0.3) is 10.9 Å². The smallest absolute Gasteiger partial charge is 0.0465 e. The van der Waals surface area contributed by atoms with E-state index in [2.05, 4.69) is 39.1 Å². The van der Waals surface area contributed by atoms with Gasteiger partial charge in [-0.2, -0.15) is 0 Å². The molecule has 0 aliphatic rings. The van der Waals surface area contributed by atoms with E-state index in [4.69, 9.17) is 5.73 Å². The lowest BCUT2D eigenvalue weighted by Crippen LogP contribution is -2.34. The van der Waals surface area contributed by atoms with Crippen molar-refractivity contribution in [1.82, 2.24) is 4.98 Å². The lowest BCUT2D eigenvalue weighted by Gasteiger charge is -2.18. The highest BCUT2D eigenvalue weighted by Crippen LogP contribution is 2.25. The van der Waals surface area contributed by atoms with Gasteiger partial charge in [0.15, 0.2) is 0 Å². The van der Waals surface area contributed by atoms with Gasteiger partial charge in [0.05, 0.1) is 0 Å². The molecule has 1 heterocycles. The first-order valence-corrected chi connectivity index (χ1v) is 5.79. The average molecular weight is 267 g/mol. The van der Waals surface area contributed by atoms with E-state index in [-0.39, 0.29) is 5.54 Å². The Morgan fingerprint density at radius 2 is 2.13 bits per heavy atom. The molecule has 0 saturated heterocycles. The van der Waals surface area contributed by atoms with Gasteiger partial charge < -0.3 is 10.7 Å². The Bertz CT molecular complexity index is 480. The third-order valence-electron chi connectivity index (χ3n) is 2.36. The Labute approximate surface area is 98.0 Å². The molecule has 2 aromatic rings. The SMILES string of the molecule is CC(C)(N)Cc1ccc2[nH]cc(Br)c2c1. The first-order valence-electron chi connectivity index (χ1n) is 5.00. The van der Waals surface area contributed by atoms with Gasteiger partial charge in [-0.1, -0.05) is 6.07 Å². The number of hydrogen-bond donors (Lipinski definition) is 2. The van der Waals surface area contributed by atoms with Crippen LogP contribution in [0.1, 0.15) is 19.4 Å². The fourth-order valence-electron chi connectivity index (χ4n) is 1.77. The highest BCUT2D eigenvalue weighted by molar-refractivity contribution is 9.10. The van der Waals surface area contributed by atoms with Crippen molar-refractivity contribution in [2.24, 2.45) is 5.73 Å². The molecule has 0 aliphatic heterocycles. The van der Waals surface area contributed by atoms with Crippen molar-refractivity contribution in [3.8, 4) is 0 Å². The van der Waals surface area contributed by atoms with E-state index in [1.165, 1.54) is 10.9 Å². The van der Waals surface area contributed by atoms with Crippen LogP contribution in [0.3, 0.4) is 0 Å². The average Bonchev–Trinajstić information content (AvgIpc) is 2.45. The number of rotatable bonds is 2. The molecule has 0 fully saturated rings. The largest absolute Gasteiger partial charge is 0.360 e. The minimum Gasteiger partial charge on any atom is -0.360 e. The van der Waals surface area contributed by atoms with E-state index in [0.717, 1.165) is 16.4 Å². The van der Waals surface area contributed by atoms with Crippen LogP contribution in [-0.4, -0.2) is 10.5 Å². The van der Waals surface area contributed by atoms with Crippen molar-refractivity contribution in [1.29, 1.82) is 0 Å². The Balaban J connectivity index is 2.42. The van der Waals surface area contributed by atoms with Gasteiger partial charge in [0.1, 0.15) is 0 Å². The quantitative estimate of drug-likeness (QED) is 0.861. The van der Waals surface area contributed by atoms with Crippen LogP contribution in [0.4, 0.5) is 0 Å². The van der Waals surface area contributed by atoms with Gasteiger partial charge in [0.25, 0.3) is 0 Å². The van der Waals surface area contributed by atoms with E-state index in [1.54, 1.807) is 0 Å². The van der Waals surface area contributed by atoms with Crippen LogP contribution in [0, 0.1) is 0 Å². The van der Waals surface area contributed by atoms with Crippen molar-refractivity contribution < 1.29 is 0 Å². The summed E-state index contributed by atoms with van der Waals surface area (Å²) in [6.07, 6.45) is 2.85. The molecule has 1 aromatic heterocycles. The number of fused-ring (bicyclic) bond motifs is 1. The molecule has 2 rings (SSSR count). The van der Waals surface area contributed by atoms with Gasteiger partial charge in [-0.05, 0) is 53.9 Å². The molecule has 0 aliphatic carbocycles. The molecular formula is C12H15BrN2. The summed E-state index contributed by atoms with van der Waals surface area (Å²) in [5.74, 6) is 0. The second kappa shape index (κ2) is 3.65. The summed E-state index contributed by atoms with van der Waals surface area (Å²) in [7, 11) is 0. The zero-order valence-electron chi connectivity index (χ0n) is 8.97. The summed E-state index contributed by atoms with van der Waals surface area (Å²) in [5, 5.41) is 1.22. The standard InChI is InChI=1S/C12H15BrN2/c1-12(2,14)6-8-3-4-11-9(5-8)10(13)7-15-11/h3-5,7,15H,6,14H2,1-2H3. The first kappa shape index (κ1) is 10.7. The number of H-pyrrole nitrogens is 1. The molecule has 0 spiro atoms. The van der Waals surface area contributed by atoms with E-state index >= 15 is 0 Å². The molecule has 3 heteroatoms. The third kappa shape index (κ3) is 2.41. The van der Waals surface area contributed by atoms with Gasteiger partial charge in [-0.3, -0.25) is 0 Å². The predicted octanol–water partition coefficient (Wildman–Crippen LogP) is 3.21. The highest BCUT2D eigenvalue weighted by Gasteiger charge is 2.12. The molecule has 80 valence electrons. The van der Waals surface area contributed by atoms with Gasteiger partial charge in [-0.15, -0.1) is 0 Å². The zero-order valence-corrected chi connectivity index (χ0v) is 10.6. The number of nitrogens with two attached hydrogens (primary N) is 1. The van der Waals surface area contributed by atoms with Crippen LogP contribution in [-0.2, 0) is 6.42 Å². The van der Waals surface area contributed by atoms with Gasteiger partial charge in [-0.25, -0.2) is 0 Å². The Morgan fingerprint density at radius 1 is 1.40 bits per heavy atom. The topological polar surface area (TPSA) is 41.8 Å². The summed E-state index contributed by atoms with van der Waals surface area (Å²) < 4.78 is 1.11. The number of nitrogens with one attached hydrogen (secondary N) is 1. The normalized spacial score (nSPS) is 12.3. The molecular weight excluding hydrogens is 252 g/mol. The number of aromatic nitrogens is 1. The van der Waals surface area contributed by atoms with Crippen molar-refractivity contribution in [2.75, 3.05) is 0 Å². The number of benzene rings is 1. The van der Waals surface area contributed by atoms with E-state index in [1.807, 2.05) is 20.0 Å². The monoisotopic (exact) mass is 266 g/mol. The Kier molecular flexibility index (Phi) is 2.61. The van der Waals surface area contributed by atoms with Crippen LogP contribution in [0.2, 0.25) is 0 Å². The summed E-state index contributed by atoms with van der Waals surface area (Å²) in [5.41, 5.74) is 8.28. The molecule has 15 heavy (non-hydrogen) atoms. The third-order valence-corrected chi connectivity index (χ3v) is 3.01. The van der Waals surface area contributed by atoms with Crippen LogP contribution < -0.4 is 5.73 Å². The molecule has 2 nitrogen and oxygen atoms in total. The van der Waals surface area contributed by atoms with E-state index < -0.39 is 0 Å². The van der Waals surface area contributed by atoms with Gasteiger partial charge >= 0.3 is 0 Å². The maximum Gasteiger partial charge on any atom is 0.0465 e. The number of aromatic amines is 1. The maximum atomic E-state index is 6.01. The Morgan fingerprint density at radius 3 is 2.80 bits per heavy atom. The van der Waals surface area contributed by atoms with Crippen molar-refractivity contribution in [3.63, 3.8) is 0 Å². The molecule has 0 saturated carbocycles. The summed E-state index contributed by atoms with van der Waals surface area (Å²) >= 11 is 3.52. The van der Waals surface area contributed by atoms with Crippen LogP contribution in [0.5, 0.6) is 0 Å². The lowest BCUT2D eigenvalue weighted by molar-refractivity contribution is 0.517. The highest BCUT2D eigenvalue weighted by atomic mass is 79.9. The van der Waals surface area contributed by atoms with Gasteiger partial charge in [0.2, 0.25) is 0 Å². The summed E-state index contributed by atoms with van der Waals surface area (Å²) in [6.45, 7) is 4.09. The second-order valence-corrected chi connectivity index (χ2v) is 5.54. The molecule has 0 amide bonds. The second-order valence-electron chi connectivity index (χ2n) is 4.68. The van der Waals surface area contributed by atoms with Crippen LogP contribution in [0.15, 0.2) is 28.9 Å². The van der Waals surface area contributed by atoms with E-state index in [0.29, 0.717) is 0 Å². The van der Waals surface area contributed by atoms with Crippen molar-refractivity contribution in [3.05, 3.63) is 34.4 Å². The summed E-state index contributed by atoms with van der Waals surface area (Å²) in [6, 6.07) is 6.41. The van der Waals surface area contributed by atoms with Crippen molar-refractivity contribution in [2.45, 2.75) is 25.8 Å². The number of halogens is 1. The van der Waals surface area contributed by atoms with Crippen LogP contribution >= 0.6 is 15.9 Å². The fourth-order valence-corrected chi connectivity index (χ4v) is 2.21.